The van der Waals surface area contributed by atoms with Gasteiger partial charge in [-0.25, -0.2) is 5.01 Å². The number of hydrazone groups is 1. The number of phenols is 1. The molecule has 1 atom stereocenters. The van der Waals surface area contributed by atoms with Crippen LogP contribution in [-0.4, -0.2) is 28.5 Å². The molecule has 0 bridgehead atoms. The number of hydrogen-bond donors (Lipinski definition) is 1. The highest BCUT2D eigenvalue weighted by Gasteiger charge is 2.34. The van der Waals surface area contributed by atoms with E-state index in [4.69, 9.17) is 21.1 Å². The maximum absolute atomic E-state index is 12.2. The molecular weight excluding hydrogens is 483 g/mol. The molecule has 2 aromatic rings. The Morgan fingerprint density at radius 1 is 1.33 bits per heavy atom. The van der Waals surface area contributed by atoms with Gasteiger partial charge >= 0.3 is 0 Å². The van der Waals surface area contributed by atoms with E-state index in [9.17, 15) is 9.90 Å². The van der Waals surface area contributed by atoms with Crippen LogP contribution in [-0.2, 0) is 4.79 Å². The molecule has 8 heteroatoms. The molecule has 2 aliphatic heterocycles. The van der Waals surface area contributed by atoms with E-state index in [1.165, 1.54) is 11.9 Å². The van der Waals surface area contributed by atoms with Crippen molar-refractivity contribution in [3.05, 3.63) is 49.5 Å². The van der Waals surface area contributed by atoms with Gasteiger partial charge < -0.3 is 14.6 Å². The Labute approximate surface area is 174 Å². The zero-order valence-corrected chi connectivity index (χ0v) is 17.5. The van der Waals surface area contributed by atoms with Crippen molar-refractivity contribution in [2.24, 2.45) is 5.10 Å². The van der Waals surface area contributed by atoms with Gasteiger partial charge in [-0.15, -0.1) is 0 Å². The fourth-order valence-electron chi connectivity index (χ4n) is 3.27. The van der Waals surface area contributed by atoms with Crippen LogP contribution in [0.2, 0.25) is 5.02 Å². The zero-order chi connectivity index (χ0) is 19.3. The maximum Gasteiger partial charge on any atom is 0.240 e. The molecule has 2 aliphatic rings. The Balaban J connectivity index is 1.74. The molecule has 140 valence electrons. The lowest BCUT2D eigenvalue weighted by molar-refractivity contribution is -0.130. The van der Waals surface area contributed by atoms with Gasteiger partial charge in [-0.3, -0.25) is 4.79 Å². The minimum absolute atomic E-state index is 0.131. The number of nitrogens with zero attached hydrogens (tertiary/aromatic N) is 2. The summed E-state index contributed by atoms with van der Waals surface area (Å²) in [5.74, 6) is 1.29. The van der Waals surface area contributed by atoms with Crippen LogP contribution in [0.25, 0.3) is 0 Å². The van der Waals surface area contributed by atoms with Crippen LogP contribution in [0.15, 0.2) is 29.4 Å². The first-order chi connectivity index (χ1) is 12.9. The molecule has 1 amide bonds. The van der Waals surface area contributed by atoms with Gasteiger partial charge in [-0.2, -0.15) is 5.10 Å². The summed E-state index contributed by atoms with van der Waals surface area (Å²) >= 11 is 8.37. The van der Waals surface area contributed by atoms with E-state index in [1.807, 2.05) is 25.1 Å². The van der Waals surface area contributed by atoms with Crippen LogP contribution >= 0.6 is 34.2 Å². The molecule has 0 saturated carbocycles. The second-order valence-electron chi connectivity index (χ2n) is 6.44. The Kier molecular flexibility index (Phi) is 4.67. The summed E-state index contributed by atoms with van der Waals surface area (Å²) in [6, 6.07) is 7.01. The van der Waals surface area contributed by atoms with Gasteiger partial charge in [0.15, 0.2) is 11.5 Å². The predicted octanol–water partition coefficient (Wildman–Crippen LogP) is 4.38. The molecule has 0 saturated heterocycles. The van der Waals surface area contributed by atoms with Crippen molar-refractivity contribution in [3.8, 4) is 17.2 Å². The first-order valence-electron chi connectivity index (χ1n) is 8.31. The maximum atomic E-state index is 12.2. The predicted molar refractivity (Wildman–Crippen MR) is 110 cm³/mol. The number of hydrogen-bond acceptors (Lipinski definition) is 5. The van der Waals surface area contributed by atoms with E-state index >= 15 is 0 Å². The normalized spacial score (nSPS) is 18.0. The van der Waals surface area contributed by atoms with Crippen LogP contribution in [0, 0.1) is 10.5 Å². The number of ether oxygens (including phenoxy) is 2. The number of phenolic OH excluding ortho intramolecular Hbond substituents is 1. The van der Waals surface area contributed by atoms with Crippen molar-refractivity contribution >= 4 is 45.8 Å². The van der Waals surface area contributed by atoms with E-state index in [2.05, 4.69) is 27.7 Å². The van der Waals surface area contributed by atoms with Crippen LogP contribution in [0.1, 0.15) is 36.1 Å². The largest absolute Gasteiger partial charge is 0.506 e. The molecule has 4 rings (SSSR count). The van der Waals surface area contributed by atoms with Crippen molar-refractivity contribution in [2.45, 2.75) is 26.3 Å². The third-order valence-corrected chi connectivity index (χ3v) is 6.46. The molecular formula is C19H16ClIN2O4. The molecule has 2 aromatic carbocycles. The quantitative estimate of drug-likeness (QED) is 0.624. The van der Waals surface area contributed by atoms with Crippen LogP contribution in [0.4, 0.5) is 0 Å². The number of halogens is 2. The van der Waals surface area contributed by atoms with Crippen molar-refractivity contribution in [2.75, 3.05) is 6.79 Å². The second kappa shape index (κ2) is 6.87. The smallest absolute Gasteiger partial charge is 0.240 e. The van der Waals surface area contributed by atoms with Crippen LogP contribution < -0.4 is 9.47 Å². The van der Waals surface area contributed by atoms with Crippen molar-refractivity contribution < 1.29 is 19.4 Å². The third kappa shape index (κ3) is 3.12. The minimum atomic E-state index is -0.288. The Hall–Kier alpha value is -2.00. The summed E-state index contributed by atoms with van der Waals surface area (Å²) in [7, 11) is 0. The average molecular weight is 499 g/mol. The summed E-state index contributed by atoms with van der Waals surface area (Å²) in [5, 5.41) is 17.1. The van der Waals surface area contributed by atoms with Gasteiger partial charge in [0.05, 0.1) is 15.3 Å². The molecule has 2 heterocycles. The molecule has 1 unspecified atom stereocenters. The fourth-order valence-corrected chi connectivity index (χ4v) is 4.21. The lowest BCUT2D eigenvalue weighted by Gasteiger charge is -2.20. The molecule has 0 aromatic heterocycles. The summed E-state index contributed by atoms with van der Waals surface area (Å²) in [4.78, 5) is 12.2. The summed E-state index contributed by atoms with van der Waals surface area (Å²) in [6.07, 6.45) is 0.461. The topological polar surface area (TPSA) is 71.4 Å². The lowest BCUT2D eigenvalue weighted by Crippen LogP contribution is -2.24. The lowest BCUT2D eigenvalue weighted by atomic mass is 9.97. The number of amides is 1. The van der Waals surface area contributed by atoms with Crippen molar-refractivity contribution in [3.63, 3.8) is 0 Å². The summed E-state index contributed by atoms with van der Waals surface area (Å²) in [6.45, 7) is 3.51. The van der Waals surface area contributed by atoms with E-state index < -0.39 is 0 Å². The number of carbonyl (C=O) groups excluding carboxylic acids is 1. The van der Waals surface area contributed by atoms with E-state index in [0.717, 1.165) is 11.1 Å². The van der Waals surface area contributed by atoms with E-state index in [1.54, 1.807) is 6.07 Å². The van der Waals surface area contributed by atoms with Gasteiger partial charge in [-0.05, 0) is 58.8 Å². The van der Waals surface area contributed by atoms with Crippen LogP contribution in [0.5, 0.6) is 17.2 Å². The first kappa shape index (κ1) is 18.4. The van der Waals surface area contributed by atoms with Gasteiger partial charge in [0.2, 0.25) is 12.7 Å². The summed E-state index contributed by atoms with van der Waals surface area (Å²) in [5.41, 5.74) is 2.86. The van der Waals surface area contributed by atoms with Gasteiger partial charge in [0, 0.05) is 23.9 Å². The number of carbonyl (C=O) groups is 1. The van der Waals surface area contributed by atoms with Gasteiger partial charge in [0.1, 0.15) is 5.75 Å². The Bertz CT molecular complexity index is 992. The average Bonchev–Trinajstić information content (AvgIpc) is 3.29. The van der Waals surface area contributed by atoms with Gasteiger partial charge in [0.25, 0.3) is 0 Å². The molecule has 27 heavy (non-hydrogen) atoms. The molecule has 6 nitrogen and oxygen atoms in total. The highest BCUT2D eigenvalue weighted by Crippen LogP contribution is 2.41. The van der Waals surface area contributed by atoms with E-state index in [-0.39, 0.29) is 24.5 Å². The number of benzene rings is 2. The van der Waals surface area contributed by atoms with Gasteiger partial charge in [-0.1, -0.05) is 17.7 Å². The third-order valence-electron chi connectivity index (χ3n) is 4.75. The molecule has 0 aliphatic carbocycles. The molecule has 1 N–H and O–H groups in total. The highest BCUT2D eigenvalue weighted by atomic mass is 127. The fraction of sp³-hybridized carbons (Fsp3) is 0.263. The standard InChI is InChI=1S/C19H16ClIN2O4/c1-9-13(20)6-12(19(25)18(9)21)14-7-15(23(22-14)10(2)24)11-3-4-16-17(5-11)27-8-26-16/h3-6,15,25H,7-8H2,1-2H3. The Morgan fingerprint density at radius 2 is 2.07 bits per heavy atom. The summed E-state index contributed by atoms with van der Waals surface area (Å²) < 4.78 is 11.5. The van der Waals surface area contributed by atoms with E-state index in [0.29, 0.717) is 37.8 Å². The molecule has 0 fully saturated rings. The minimum Gasteiger partial charge on any atom is -0.506 e. The molecule has 0 spiro atoms. The van der Waals surface area contributed by atoms with Crippen molar-refractivity contribution in [1.29, 1.82) is 0 Å². The molecule has 0 radical (unpaired) electrons. The number of rotatable bonds is 2. The van der Waals surface area contributed by atoms with Crippen LogP contribution in [0.3, 0.4) is 0 Å². The Morgan fingerprint density at radius 3 is 2.81 bits per heavy atom. The number of fused-ring (bicyclic) bond motifs is 1. The number of aromatic hydroxyl groups is 1. The van der Waals surface area contributed by atoms with Crippen molar-refractivity contribution in [1.82, 2.24) is 5.01 Å². The first-order valence-corrected chi connectivity index (χ1v) is 9.77. The second-order valence-corrected chi connectivity index (χ2v) is 7.92. The highest BCUT2D eigenvalue weighted by molar-refractivity contribution is 14.1. The SMILES string of the molecule is CC(=O)N1N=C(c2cc(Cl)c(C)c(I)c2O)CC1c1ccc2c(c1)OCO2. The zero-order valence-electron chi connectivity index (χ0n) is 14.6. The monoisotopic (exact) mass is 498 g/mol.